The molecular weight excluding hydrogens is 364 g/mol. The smallest absolute Gasteiger partial charge is 0.339 e. The third-order valence-electron chi connectivity index (χ3n) is 4.19. The Kier molecular flexibility index (Phi) is 4.84. The normalized spacial score (nSPS) is 13.6. The fourth-order valence-corrected chi connectivity index (χ4v) is 2.70. The summed E-state index contributed by atoms with van der Waals surface area (Å²) >= 11 is 0. The first-order chi connectivity index (χ1) is 13.6. The Morgan fingerprint density at radius 1 is 1.04 bits per heavy atom. The summed E-state index contributed by atoms with van der Waals surface area (Å²) in [6.45, 7) is 2.60. The van der Waals surface area contributed by atoms with Crippen LogP contribution in [0.2, 0.25) is 0 Å². The molecule has 0 N–H and O–H groups in total. The van der Waals surface area contributed by atoms with Crippen molar-refractivity contribution < 1.29 is 28.2 Å². The van der Waals surface area contributed by atoms with E-state index in [0.29, 0.717) is 36.2 Å². The van der Waals surface area contributed by atoms with E-state index in [-0.39, 0.29) is 5.89 Å². The molecule has 0 spiro atoms. The van der Waals surface area contributed by atoms with E-state index in [9.17, 15) is 4.79 Å². The molecule has 0 fully saturated rings. The van der Waals surface area contributed by atoms with E-state index in [2.05, 4.69) is 10.2 Å². The second-order valence-corrected chi connectivity index (χ2v) is 6.08. The minimum atomic E-state index is -0.708. The van der Waals surface area contributed by atoms with Crippen LogP contribution in [0.4, 0.5) is 0 Å². The zero-order chi connectivity index (χ0) is 19.5. The summed E-state index contributed by atoms with van der Waals surface area (Å²) in [5.41, 5.74) is 1.09. The molecule has 0 saturated carbocycles. The Morgan fingerprint density at radius 3 is 2.54 bits per heavy atom. The van der Waals surface area contributed by atoms with E-state index in [1.165, 1.54) is 0 Å². The van der Waals surface area contributed by atoms with Crippen LogP contribution in [-0.2, 0) is 4.74 Å². The monoisotopic (exact) mass is 382 g/mol. The van der Waals surface area contributed by atoms with Crippen LogP contribution in [0.15, 0.2) is 46.9 Å². The summed E-state index contributed by atoms with van der Waals surface area (Å²) in [5.74, 6) is 1.88. The van der Waals surface area contributed by atoms with Gasteiger partial charge in [0.1, 0.15) is 19.0 Å². The van der Waals surface area contributed by atoms with E-state index >= 15 is 0 Å². The van der Waals surface area contributed by atoms with Gasteiger partial charge in [0.05, 0.1) is 12.7 Å². The molecule has 28 heavy (non-hydrogen) atoms. The highest BCUT2D eigenvalue weighted by molar-refractivity contribution is 5.90. The third kappa shape index (κ3) is 3.62. The number of methoxy groups -OCH3 is 1. The number of rotatable bonds is 5. The van der Waals surface area contributed by atoms with Gasteiger partial charge in [0.15, 0.2) is 17.6 Å². The second kappa shape index (κ2) is 7.59. The van der Waals surface area contributed by atoms with Crippen molar-refractivity contribution >= 4 is 5.97 Å². The lowest BCUT2D eigenvalue weighted by Crippen LogP contribution is -2.16. The van der Waals surface area contributed by atoms with E-state index in [0.717, 1.165) is 11.3 Å². The number of carbonyl (C=O) groups is 1. The lowest BCUT2D eigenvalue weighted by atomic mass is 10.2. The van der Waals surface area contributed by atoms with Gasteiger partial charge in [-0.15, -0.1) is 10.2 Å². The zero-order valence-corrected chi connectivity index (χ0v) is 15.4. The highest BCUT2D eigenvalue weighted by Gasteiger charge is 2.22. The molecule has 2 heterocycles. The van der Waals surface area contributed by atoms with Gasteiger partial charge in [-0.25, -0.2) is 4.79 Å². The van der Waals surface area contributed by atoms with Gasteiger partial charge in [0.2, 0.25) is 5.89 Å². The Balaban J connectivity index is 1.45. The summed E-state index contributed by atoms with van der Waals surface area (Å²) in [4.78, 5) is 12.4. The molecule has 1 aliphatic heterocycles. The van der Waals surface area contributed by atoms with Gasteiger partial charge in [-0.2, -0.15) is 0 Å². The van der Waals surface area contributed by atoms with Crippen molar-refractivity contribution in [3.63, 3.8) is 0 Å². The molecule has 1 aliphatic rings. The van der Waals surface area contributed by atoms with Gasteiger partial charge in [-0.05, 0) is 49.4 Å². The molecular formula is C20H18N2O6. The molecule has 0 radical (unpaired) electrons. The standard InChI is InChI=1S/C20H18N2O6/c1-12(18-21-22-19(28-18)13-3-6-15(24-2)7-4-13)27-20(23)14-5-8-16-17(11-14)26-10-9-25-16/h3-8,11-12H,9-10H2,1-2H3/t12-/m0/s1. The first-order valence-electron chi connectivity index (χ1n) is 8.72. The summed E-state index contributed by atoms with van der Waals surface area (Å²) < 4.78 is 27.2. The first kappa shape index (κ1) is 17.8. The third-order valence-corrected chi connectivity index (χ3v) is 4.19. The summed E-state index contributed by atoms with van der Waals surface area (Å²) in [6.07, 6.45) is -0.708. The van der Waals surface area contributed by atoms with Gasteiger partial charge < -0.3 is 23.4 Å². The van der Waals surface area contributed by atoms with Gasteiger partial charge in [0.25, 0.3) is 5.89 Å². The average molecular weight is 382 g/mol. The van der Waals surface area contributed by atoms with E-state index < -0.39 is 12.1 Å². The Morgan fingerprint density at radius 2 is 1.79 bits per heavy atom. The Hall–Kier alpha value is -3.55. The van der Waals surface area contributed by atoms with Crippen molar-refractivity contribution in [2.75, 3.05) is 20.3 Å². The predicted molar refractivity (Wildman–Crippen MR) is 97.5 cm³/mol. The SMILES string of the molecule is COc1ccc(-c2nnc([C@H](C)OC(=O)c3ccc4c(c3)OCCO4)o2)cc1. The number of carbonyl (C=O) groups excluding carboxylic acids is 1. The number of aromatic nitrogens is 2. The van der Waals surface area contributed by atoms with Crippen molar-refractivity contribution in [3.05, 3.63) is 53.9 Å². The molecule has 1 atom stereocenters. The lowest BCUT2D eigenvalue weighted by molar-refractivity contribution is 0.0279. The van der Waals surface area contributed by atoms with Crippen LogP contribution < -0.4 is 14.2 Å². The molecule has 4 rings (SSSR count). The summed E-state index contributed by atoms with van der Waals surface area (Å²) in [6, 6.07) is 12.1. The Bertz CT molecular complexity index is 983. The van der Waals surface area contributed by atoms with Crippen LogP contribution in [0.1, 0.15) is 29.3 Å². The van der Waals surface area contributed by atoms with Crippen molar-refractivity contribution in [3.8, 4) is 28.7 Å². The van der Waals surface area contributed by atoms with Crippen molar-refractivity contribution in [1.29, 1.82) is 0 Å². The highest BCUT2D eigenvalue weighted by Crippen LogP contribution is 2.31. The molecule has 2 aromatic carbocycles. The molecule has 0 amide bonds. The average Bonchev–Trinajstić information content (AvgIpc) is 3.24. The number of benzene rings is 2. The maximum Gasteiger partial charge on any atom is 0.339 e. The quantitative estimate of drug-likeness (QED) is 0.620. The van der Waals surface area contributed by atoms with Crippen LogP contribution in [-0.4, -0.2) is 36.5 Å². The highest BCUT2D eigenvalue weighted by atomic mass is 16.6. The van der Waals surface area contributed by atoms with Crippen LogP contribution >= 0.6 is 0 Å². The van der Waals surface area contributed by atoms with Gasteiger partial charge in [0, 0.05) is 5.56 Å². The van der Waals surface area contributed by atoms with Crippen molar-refractivity contribution in [2.24, 2.45) is 0 Å². The maximum atomic E-state index is 12.4. The number of nitrogens with zero attached hydrogens (tertiary/aromatic N) is 2. The zero-order valence-electron chi connectivity index (χ0n) is 15.4. The summed E-state index contributed by atoms with van der Waals surface area (Å²) in [7, 11) is 1.59. The fraction of sp³-hybridized carbons (Fsp3) is 0.250. The van der Waals surface area contributed by atoms with Gasteiger partial charge in [-0.3, -0.25) is 0 Å². The predicted octanol–water partition coefficient (Wildman–Crippen LogP) is 3.43. The molecule has 8 nitrogen and oxygen atoms in total. The molecule has 3 aromatic rings. The van der Waals surface area contributed by atoms with E-state index in [1.807, 2.05) is 12.1 Å². The first-order valence-corrected chi connectivity index (χ1v) is 8.72. The molecule has 1 aromatic heterocycles. The fourth-order valence-electron chi connectivity index (χ4n) is 2.70. The van der Waals surface area contributed by atoms with Crippen LogP contribution in [0.5, 0.6) is 17.2 Å². The van der Waals surface area contributed by atoms with Gasteiger partial charge >= 0.3 is 5.97 Å². The number of hydrogen-bond acceptors (Lipinski definition) is 8. The van der Waals surface area contributed by atoms with Crippen LogP contribution in [0, 0.1) is 0 Å². The molecule has 144 valence electrons. The molecule has 8 heteroatoms. The van der Waals surface area contributed by atoms with Gasteiger partial charge in [-0.1, -0.05) is 0 Å². The number of fused-ring (bicyclic) bond motifs is 1. The Labute approximate surface area is 161 Å². The minimum absolute atomic E-state index is 0.205. The van der Waals surface area contributed by atoms with Crippen molar-refractivity contribution in [1.82, 2.24) is 10.2 Å². The number of ether oxygens (including phenoxy) is 4. The molecule has 0 saturated heterocycles. The van der Waals surface area contributed by atoms with Crippen LogP contribution in [0.3, 0.4) is 0 Å². The van der Waals surface area contributed by atoms with E-state index in [4.69, 9.17) is 23.4 Å². The van der Waals surface area contributed by atoms with Crippen molar-refractivity contribution in [2.45, 2.75) is 13.0 Å². The minimum Gasteiger partial charge on any atom is -0.497 e. The van der Waals surface area contributed by atoms with Crippen LogP contribution in [0.25, 0.3) is 11.5 Å². The lowest BCUT2D eigenvalue weighted by Gasteiger charge is -2.18. The maximum absolute atomic E-state index is 12.4. The van der Waals surface area contributed by atoms with E-state index in [1.54, 1.807) is 44.4 Å². The molecule has 0 bridgehead atoms. The topological polar surface area (TPSA) is 92.9 Å². The molecule has 0 aliphatic carbocycles. The largest absolute Gasteiger partial charge is 0.497 e. The summed E-state index contributed by atoms with van der Waals surface area (Å²) in [5, 5.41) is 8.00. The number of hydrogen-bond donors (Lipinski definition) is 0. The second-order valence-electron chi connectivity index (χ2n) is 6.08. The number of esters is 1. The molecule has 0 unspecified atom stereocenters.